The van der Waals surface area contributed by atoms with Crippen molar-refractivity contribution >= 4 is 28.9 Å². The third-order valence-electron chi connectivity index (χ3n) is 4.04. The summed E-state index contributed by atoms with van der Waals surface area (Å²) in [6, 6.07) is 12.9. The highest BCUT2D eigenvalue weighted by molar-refractivity contribution is 7.80. The van der Waals surface area contributed by atoms with Gasteiger partial charge in [-0.1, -0.05) is 23.7 Å². The number of rotatable bonds is 3. The Bertz CT molecular complexity index is 721. The van der Waals surface area contributed by atoms with Crippen LogP contribution in [0.5, 0.6) is 11.5 Å². The molecule has 0 saturated carbocycles. The van der Waals surface area contributed by atoms with E-state index in [1.165, 1.54) is 0 Å². The molecule has 120 valence electrons. The first-order valence-corrected chi connectivity index (χ1v) is 8.04. The first kappa shape index (κ1) is 15.9. The van der Waals surface area contributed by atoms with E-state index in [1.54, 1.807) is 13.2 Å². The average Bonchev–Trinajstić information content (AvgIpc) is 2.55. The van der Waals surface area contributed by atoms with Gasteiger partial charge in [0.05, 0.1) is 13.2 Å². The van der Waals surface area contributed by atoms with Gasteiger partial charge in [0.25, 0.3) is 0 Å². The fourth-order valence-corrected chi connectivity index (χ4v) is 3.18. The number of methoxy groups -OCH3 is 1. The van der Waals surface area contributed by atoms with E-state index in [2.05, 4.69) is 10.6 Å². The summed E-state index contributed by atoms with van der Waals surface area (Å²) in [6.07, 6.45) is 0. The third-order valence-corrected chi connectivity index (χ3v) is 4.56. The SMILES string of the molecule is COc1ccc(C2NC(=S)NCC2c2ccc(Cl)cc2)c(O)c1. The number of thiocarbonyl (C=S) groups is 1. The molecule has 0 aliphatic carbocycles. The van der Waals surface area contributed by atoms with Crippen LogP contribution in [0, 0.1) is 0 Å². The fourth-order valence-electron chi connectivity index (χ4n) is 2.84. The monoisotopic (exact) mass is 348 g/mol. The van der Waals surface area contributed by atoms with Crippen LogP contribution in [0.15, 0.2) is 42.5 Å². The maximum atomic E-state index is 10.4. The summed E-state index contributed by atoms with van der Waals surface area (Å²) in [5, 5.41) is 18.1. The van der Waals surface area contributed by atoms with E-state index in [9.17, 15) is 5.11 Å². The summed E-state index contributed by atoms with van der Waals surface area (Å²) in [5.41, 5.74) is 1.91. The van der Waals surface area contributed by atoms with Gasteiger partial charge in [0.15, 0.2) is 5.11 Å². The number of halogens is 1. The van der Waals surface area contributed by atoms with Crippen molar-refractivity contribution in [1.82, 2.24) is 10.6 Å². The zero-order valence-electron chi connectivity index (χ0n) is 12.5. The summed E-state index contributed by atoms with van der Waals surface area (Å²) in [5.74, 6) is 0.912. The van der Waals surface area contributed by atoms with Crippen molar-refractivity contribution in [2.75, 3.05) is 13.7 Å². The van der Waals surface area contributed by atoms with Crippen LogP contribution < -0.4 is 15.4 Å². The molecule has 3 rings (SSSR count). The molecule has 3 N–H and O–H groups in total. The summed E-state index contributed by atoms with van der Waals surface area (Å²) in [7, 11) is 1.57. The van der Waals surface area contributed by atoms with Gasteiger partial charge in [0.2, 0.25) is 0 Å². The lowest BCUT2D eigenvalue weighted by Gasteiger charge is -2.35. The van der Waals surface area contributed by atoms with Crippen LogP contribution in [-0.4, -0.2) is 23.9 Å². The smallest absolute Gasteiger partial charge is 0.166 e. The van der Waals surface area contributed by atoms with E-state index < -0.39 is 0 Å². The third kappa shape index (κ3) is 3.35. The number of phenols is 1. The summed E-state index contributed by atoms with van der Waals surface area (Å²) >= 11 is 11.2. The van der Waals surface area contributed by atoms with Gasteiger partial charge < -0.3 is 20.5 Å². The second-order valence-electron chi connectivity index (χ2n) is 5.41. The van der Waals surface area contributed by atoms with E-state index >= 15 is 0 Å². The van der Waals surface area contributed by atoms with Crippen LogP contribution in [-0.2, 0) is 0 Å². The van der Waals surface area contributed by atoms with Crippen molar-refractivity contribution in [3.05, 3.63) is 58.6 Å². The van der Waals surface area contributed by atoms with Gasteiger partial charge in [-0.15, -0.1) is 0 Å². The van der Waals surface area contributed by atoms with Crippen LogP contribution in [0.4, 0.5) is 0 Å². The van der Waals surface area contributed by atoms with Gasteiger partial charge in [-0.25, -0.2) is 0 Å². The molecule has 1 saturated heterocycles. The minimum Gasteiger partial charge on any atom is -0.507 e. The number of benzene rings is 2. The van der Waals surface area contributed by atoms with E-state index in [0.29, 0.717) is 22.4 Å². The molecule has 0 bridgehead atoms. The van der Waals surface area contributed by atoms with Crippen molar-refractivity contribution in [3.63, 3.8) is 0 Å². The molecule has 6 heteroatoms. The molecule has 0 radical (unpaired) electrons. The van der Waals surface area contributed by atoms with Crippen molar-refractivity contribution in [3.8, 4) is 11.5 Å². The van der Waals surface area contributed by atoms with Crippen molar-refractivity contribution in [1.29, 1.82) is 0 Å². The van der Waals surface area contributed by atoms with Gasteiger partial charge in [0, 0.05) is 29.1 Å². The summed E-state index contributed by atoms with van der Waals surface area (Å²) in [6.45, 7) is 0.684. The lowest BCUT2D eigenvalue weighted by molar-refractivity contribution is 0.398. The highest BCUT2D eigenvalue weighted by Gasteiger charge is 2.31. The molecule has 4 nitrogen and oxygen atoms in total. The number of hydrogen-bond donors (Lipinski definition) is 3. The first-order valence-electron chi connectivity index (χ1n) is 7.25. The molecule has 0 spiro atoms. The second-order valence-corrected chi connectivity index (χ2v) is 6.26. The maximum Gasteiger partial charge on any atom is 0.166 e. The predicted molar refractivity (Wildman–Crippen MR) is 95.3 cm³/mol. The van der Waals surface area contributed by atoms with E-state index in [1.807, 2.05) is 36.4 Å². The molecule has 23 heavy (non-hydrogen) atoms. The van der Waals surface area contributed by atoms with Crippen molar-refractivity contribution < 1.29 is 9.84 Å². The Morgan fingerprint density at radius 3 is 2.61 bits per heavy atom. The van der Waals surface area contributed by atoms with Gasteiger partial charge in [-0.3, -0.25) is 0 Å². The summed E-state index contributed by atoms with van der Waals surface area (Å²) < 4.78 is 5.15. The highest BCUT2D eigenvalue weighted by atomic mass is 35.5. The molecule has 0 aromatic heterocycles. The van der Waals surface area contributed by atoms with Crippen LogP contribution in [0.2, 0.25) is 5.02 Å². The Labute approximate surface area is 145 Å². The maximum absolute atomic E-state index is 10.4. The largest absolute Gasteiger partial charge is 0.507 e. The molecule has 2 atom stereocenters. The van der Waals surface area contributed by atoms with Crippen LogP contribution >= 0.6 is 23.8 Å². The zero-order valence-corrected chi connectivity index (χ0v) is 14.1. The number of aromatic hydroxyl groups is 1. The van der Waals surface area contributed by atoms with Crippen LogP contribution in [0.25, 0.3) is 0 Å². The van der Waals surface area contributed by atoms with Crippen molar-refractivity contribution in [2.24, 2.45) is 0 Å². The molecule has 2 aromatic rings. The van der Waals surface area contributed by atoms with E-state index in [-0.39, 0.29) is 17.7 Å². The molecule has 2 aromatic carbocycles. The molecule has 1 aliphatic rings. The predicted octanol–water partition coefficient (Wildman–Crippen LogP) is 3.36. The topological polar surface area (TPSA) is 53.5 Å². The average molecular weight is 349 g/mol. The van der Waals surface area contributed by atoms with Gasteiger partial charge in [-0.05, 0) is 42.0 Å². The van der Waals surface area contributed by atoms with Crippen molar-refractivity contribution in [2.45, 2.75) is 12.0 Å². The Hall–Kier alpha value is -1.98. The minimum atomic E-state index is -0.129. The molecule has 1 fully saturated rings. The number of ether oxygens (including phenoxy) is 1. The highest BCUT2D eigenvalue weighted by Crippen LogP contribution is 2.38. The molecule has 2 unspecified atom stereocenters. The molecule has 0 amide bonds. The molecular formula is C17H17ClN2O2S. The fraction of sp³-hybridized carbons (Fsp3) is 0.235. The molecule has 1 aliphatic heterocycles. The number of hydrogen-bond acceptors (Lipinski definition) is 3. The Kier molecular flexibility index (Phi) is 4.59. The van der Waals surface area contributed by atoms with Crippen LogP contribution in [0.1, 0.15) is 23.1 Å². The van der Waals surface area contributed by atoms with Gasteiger partial charge in [0.1, 0.15) is 11.5 Å². The Balaban J connectivity index is 1.98. The Morgan fingerprint density at radius 2 is 1.96 bits per heavy atom. The van der Waals surface area contributed by atoms with Gasteiger partial charge >= 0.3 is 0 Å². The molecular weight excluding hydrogens is 332 g/mol. The lowest BCUT2D eigenvalue weighted by atomic mass is 9.85. The molecule has 1 heterocycles. The van der Waals surface area contributed by atoms with E-state index in [0.717, 1.165) is 11.1 Å². The summed E-state index contributed by atoms with van der Waals surface area (Å²) in [4.78, 5) is 0. The standard InChI is InChI=1S/C17H17ClN2O2S/c1-22-12-6-7-13(15(21)8-12)16-14(9-19-17(23)20-16)10-2-4-11(18)5-3-10/h2-8,14,16,21H,9H2,1H3,(H2,19,20,23). The van der Waals surface area contributed by atoms with Gasteiger partial charge in [-0.2, -0.15) is 0 Å². The normalized spacial score (nSPS) is 20.5. The Morgan fingerprint density at radius 1 is 1.22 bits per heavy atom. The first-order chi connectivity index (χ1) is 11.1. The number of nitrogens with one attached hydrogen (secondary N) is 2. The van der Waals surface area contributed by atoms with Crippen LogP contribution in [0.3, 0.4) is 0 Å². The second kappa shape index (κ2) is 6.64. The quantitative estimate of drug-likeness (QED) is 0.743. The lowest BCUT2D eigenvalue weighted by Crippen LogP contribution is -2.48. The zero-order chi connectivity index (χ0) is 16.4. The minimum absolute atomic E-state index is 0.110. The van der Waals surface area contributed by atoms with E-state index in [4.69, 9.17) is 28.6 Å². The number of phenolic OH excluding ortho intramolecular Hbond substituents is 1.